The summed E-state index contributed by atoms with van der Waals surface area (Å²) in [6.07, 6.45) is 0. The number of amides is 2. The highest BCUT2D eigenvalue weighted by Crippen LogP contribution is 2.29. The maximum absolute atomic E-state index is 14.0. The fourth-order valence-corrected chi connectivity index (χ4v) is 4.91. The number of hydrogen-bond acceptors (Lipinski definition) is 5. The number of anilines is 1. The highest BCUT2D eigenvalue weighted by atomic mass is 79.9. The summed E-state index contributed by atoms with van der Waals surface area (Å²) in [7, 11) is 0. The molecule has 0 spiro atoms. The Balaban J connectivity index is 1.74. The molecule has 2 amide bonds. The van der Waals surface area contributed by atoms with Crippen LogP contribution >= 0.6 is 50.9 Å². The van der Waals surface area contributed by atoms with Gasteiger partial charge in [0.25, 0.3) is 5.91 Å². The van der Waals surface area contributed by atoms with E-state index in [0.29, 0.717) is 34.2 Å². The van der Waals surface area contributed by atoms with Crippen molar-refractivity contribution in [2.75, 3.05) is 11.1 Å². The van der Waals surface area contributed by atoms with Crippen molar-refractivity contribution in [3.8, 4) is 0 Å². The topological polar surface area (TPSA) is 88.9 Å². The van der Waals surface area contributed by atoms with Crippen LogP contribution in [-0.2, 0) is 11.3 Å². The molecule has 36 heavy (non-hydrogen) atoms. The zero-order valence-corrected chi connectivity index (χ0v) is 23.3. The predicted octanol–water partition coefficient (Wildman–Crippen LogP) is 6.50. The molecule has 7 nitrogen and oxygen atoms in total. The molecule has 0 aliphatic heterocycles. The van der Waals surface area contributed by atoms with Crippen molar-refractivity contribution in [2.45, 2.75) is 38.5 Å². The lowest BCUT2D eigenvalue weighted by Gasteiger charge is -2.22. The third-order valence-corrected chi connectivity index (χ3v) is 7.41. The van der Waals surface area contributed by atoms with Gasteiger partial charge in [-0.3, -0.25) is 9.59 Å². The van der Waals surface area contributed by atoms with E-state index >= 15 is 0 Å². The third kappa shape index (κ3) is 6.76. The second-order valence-electron chi connectivity index (χ2n) is 7.99. The lowest BCUT2D eigenvalue weighted by atomic mass is 10.0. The highest BCUT2D eigenvalue weighted by molar-refractivity contribution is 9.10. The molecule has 1 atom stereocenters. The summed E-state index contributed by atoms with van der Waals surface area (Å²) in [4.78, 5) is 25.3. The van der Waals surface area contributed by atoms with Gasteiger partial charge in [-0.15, -0.1) is 10.2 Å². The van der Waals surface area contributed by atoms with E-state index in [2.05, 4.69) is 36.8 Å². The Hall–Kier alpha value is -2.21. The van der Waals surface area contributed by atoms with E-state index in [0.717, 1.165) is 17.8 Å². The molecule has 0 aliphatic rings. The second kappa shape index (κ2) is 12.4. The Bertz CT molecular complexity index is 1270. The molecule has 192 valence electrons. The largest absolute Gasteiger partial charge is 0.342 e. The molecule has 0 unspecified atom stereocenters. The molecule has 0 bridgehead atoms. The standard InChI is InChI=1S/C23H22BrCl2F2N5O2S/c1-4-33-21(19(11(2)3)30-22(35)12-5-6-15(25)16(26)7-12)31-32-23(33)36-10-18(34)29-20-14(24)8-13(27)9-17(20)28/h5-9,11,19H,4,10H2,1-3H3,(H,29,34)(H,30,35)/t19-/m0/s1. The first-order valence-corrected chi connectivity index (χ1v) is 13.3. The Labute approximate surface area is 229 Å². The number of thioether (sulfide) groups is 1. The number of rotatable bonds is 9. The van der Waals surface area contributed by atoms with Crippen molar-refractivity contribution in [3.05, 3.63) is 67.9 Å². The van der Waals surface area contributed by atoms with Gasteiger partial charge in [-0.1, -0.05) is 48.8 Å². The van der Waals surface area contributed by atoms with E-state index in [9.17, 15) is 18.4 Å². The fraction of sp³-hybridized carbons (Fsp3) is 0.304. The van der Waals surface area contributed by atoms with Gasteiger partial charge in [0.1, 0.15) is 5.82 Å². The van der Waals surface area contributed by atoms with Crippen molar-refractivity contribution >= 4 is 68.4 Å². The van der Waals surface area contributed by atoms with Crippen LogP contribution in [0.15, 0.2) is 40.0 Å². The third-order valence-electron chi connectivity index (χ3n) is 5.08. The second-order valence-corrected chi connectivity index (χ2v) is 10.6. The molecule has 3 rings (SSSR count). The molecule has 0 saturated carbocycles. The predicted molar refractivity (Wildman–Crippen MR) is 141 cm³/mol. The lowest BCUT2D eigenvalue weighted by molar-refractivity contribution is -0.113. The molecule has 0 fully saturated rings. The molecular formula is C23H22BrCl2F2N5O2S. The average Bonchev–Trinajstić information content (AvgIpc) is 3.22. The summed E-state index contributed by atoms with van der Waals surface area (Å²) in [5.74, 6) is -2.12. The molecule has 2 aromatic carbocycles. The number of carbonyl (C=O) groups excluding carboxylic acids is 2. The summed E-state index contributed by atoms with van der Waals surface area (Å²) in [6.45, 7) is 6.24. The molecule has 3 aromatic rings. The molecule has 0 radical (unpaired) electrons. The van der Waals surface area contributed by atoms with Gasteiger partial charge in [-0.25, -0.2) is 8.78 Å². The minimum Gasteiger partial charge on any atom is -0.342 e. The number of benzene rings is 2. The van der Waals surface area contributed by atoms with Crippen LogP contribution in [0.1, 0.15) is 43.0 Å². The van der Waals surface area contributed by atoms with E-state index in [1.54, 1.807) is 16.7 Å². The van der Waals surface area contributed by atoms with Gasteiger partial charge in [0.15, 0.2) is 16.8 Å². The number of nitrogens with zero attached hydrogens (tertiary/aromatic N) is 3. The summed E-state index contributed by atoms with van der Waals surface area (Å²) < 4.78 is 29.2. The first-order chi connectivity index (χ1) is 17.0. The Morgan fingerprint density at radius 2 is 1.86 bits per heavy atom. The van der Waals surface area contributed by atoms with E-state index < -0.39 is 23.6 Å². The molecule has 13 heteroatoms. The summed E-state index contributed by atoms with van der Waals surface area (Å²) in [5, 5.41) is 14.9. The lowest BCUT2D eigenvalue weighted by Crippen LogP contribution is -2.33. The van der Waals surface area contributed by atoms with E-state index in [4.69, 9.17) is 23.2 Å². The molecule has 0 saturated heterocycles. The average molecular weight is 621 g/mol. The molecule has 2 N–H and O–H groups in total. The summed E-state index contributed by atoms with van der Waals surface area (Å²) in [6, 6.07) is 5.88. The van der Waals surface area contributed by atoms with E-state index in [-0.39, 0.29) is 32.8 Å². The van der Waals surface area contributed by atoms with Crippen molar-refractivity contribution < 1.29 is 18.4 Å². The monoisotopic (exact) mass is 619 g/mol. The number of hydrogen-bond donors (Lipinski definition) is 2. The van der Waals surface area contributed by atoms with Crippen LogP contribution in [0.5, 0.6) is 0 Å². The van der Waals surface area contributed by atoms with E-state index in [1.165, 1.54) is 6.07 Å². The van der Waals surface area contributed by atoms with Gasteiger partial charge in [-0.2, -0.15) is 0 Å². The van der Waals surface area contributed by atoms with Crippen molar-refractivity contribution in [3.63, 3.8) is 0 Å². The maximum atomic E-state index is 14.0. The van der Waals surface area contributed by atoms with Crippen molar-refractivity contribution in [2.24, 2.45) is 5.92 Å². The Morgan fingerprint density at radius 1 is 1.14 bits per heavy atom. The molecule has 1 heterocycles. The Morgan fingerprint density at radius 3 is 2.47 bits per heavy atom. The molecule has 0 aliphatic carbocycles. The highest BCUT2D eigenvalue weighted by Gasteiger charge is 2.26. The van der Waals surface area contributed by atoms with Gasteiger partial charge in [0.2, 0.25) is 5.91 Å². The summed E-state index contributed by atoms with van der Waals surface area (Å²) >= 11 is 16.1. The van der Waals surface area contributed by atoms with Crippen LogP contribution in [0.3, 0.4) is 0 Å². The SMILES string of the molecule is CCn1c(SCC(=O)Nc2c(F)cc(F)cc2Br)nnc1[C@@H](NC(=O)c1ccc(Cl)c(Cl)c1)C(C)C. The zero-order chi connectivity index (χ0) is 26.6. The Kier molecular flexibility index (Phi) is 9.73. The summed E-state index contributed by atoms with van der Waals surface area (Å²) in [5.41, 5.74) is 0.201. The van der Waals surface area contributed by atoms with Gasteiger partial charge in [-0.05, 0) is 53.0 Å². The van der Waals surface area contributed by atoms with Crippen LogP contribution in [-0.4, -0.2) is 32.3 Å². The number of halogens is 5. The van der Waals surface area contributed by atoms with Crippen molar-refractivity contribution in [1.29, 1.82) is 0 Å². The van der Waals surface area contributed by atoms with E-state index in [1.807, 2.05) is 20.8 Å². The number of nitrogens with one attached hydrogen (secondary N) is 2. The minimum atomic E-state index is -0.892. The van der Waals surface area contributed by atoms with Gasteiger partial charge < -0.3 is 15.2 Å². The number of carbonyl (C=O) groups is 2. The van der Waals surface area contributed by atoms with Gasteiger partial charge >= 0.3 is 0 Å². The molecular weight excluding hydrogens is 599 g/mol. The van der Waals surface area contributed by atoms with Crippen molar-refractivity contribution in [1.82, 2.24) is 20.1 Å². The number of aromatic nitrogens is 3. The first-order valence-electron chi connectivity index (χ1n) is 10.8. The first kappa shape index (κ1) is 28.4. The quantitative estimate of drug-likeness (QED) is 0.267. The normalized spacial score (nSPS) is 12.0. The van der Waals surface area contributed by atoms with Crippen LogP contribution < -0.4 is 10.6 Å². The fourth-order valence-electron chi connectivity index (χ4n) is 3.29. The maximum Gasteiger partial charge on any atom is 0.251 e. The zero-order valence-electron chi connectivity index (χ0n) is 19.4. The van der Waals surface area contributed by atoms with Gasteiger partial charge in [0.05, 0.1) is 27.5 Å². The van der Waals surface area contributed by atoms with Crippen LogP contribution in [0.2, 0.25) is 10.0 Å². The molecule has 1 aromatic heterocycles. The van der Waals surface area contributed by atoms with Gasteiger partial charge in [0, 0.05) is 22.6 Å². The van der Waals surface area contributed by atoms with Crippen LogP contribution in [0.4, 0.5) is 14.5 Å². The minimum absolute atomic E-state index is 0.0360. The van der Waals surface area contributed by atoms with Crippen LogP contribution in [0, 0.1) is 17.6 Å². The smallest absolute Gasteiger partial charge is 0.251 e. The van der Waals surface area contributed by atoms with Crippen LogP contribution in [0.25, 0.3) is 0 Å².